The summed E-state index contributed by atoms with van der Waals surface area (Å²) in [6, 6.07) is 1.52. The second-order valence-corrected chi connectivity index (χ2v) is 4.45. The summed E-state index contributed by atoms with van der Waals surface area (Å²) in [5.74, 6) is 0. The van der Waals surface area contributed by atoms with E-state index < -0.39 is 13.0 Å². The molecule has 2 nitrogen and oxygen atoms in total. The number of nitrogens with zero attached hydrogens (tertiary/aromatic N) is 1. The van der Waals surface area contributed by atoms with Crippen LogP contribution in [0.2, 0.25) is 0 Å². The lowest BCUT2D eigenvalue weighted by molar-refractivity contribution is 0.141. The third-order valence-corrected chi connectivity index (χ3v) is 4.10. The van der Waals surface area contributed by atoms with Crippen molar-refractivity contribution in [3.05, 3.63) is 24.6 Å². The van der Waals surface area contributed by atoms with Gasteiger partial charge in [0.25, 0.3) is 6.43 Å². The molecule has 6 heteroatoms. The highest BCUT2D eigenvalue weighted by Crippen LogP contribution is 2.24. The number of aliphatic hydroxyl groups excluding tert-OH is 1. The summed E-state index contributed by atoms with van der Waals surface area (Å²) in [4.78, 5) is 3.71. The van der Waals surface area contributed by atoms with Crippen LogP contribution in [-0.2, 0) is 6.61 Å². The summed E-state index contributed by atoms with van der Waals surface area (Å²) < 4.78 is 26.0. The summed E-state index contributed by atoms with van der Waals surface area (Å²) in [7, 11) is 0. The van der Waals surface area contributed by atoms with E-state index in [1.54, 1.807) is 0 Å². The quantitative estimate of drug-likeness (QED) is 0.600. The van der Waals surface area contributed by atoms with Crippen molar-refractivity contribution in [2.24, 2.45) is 0 Å². The highest BCUT2D eigenvalue weighted by molar-refractivity contribution is 14.1. The van der Waals surface area contributed by atoms with Crippen molar-refractivity contribution in [1.82, 2.24) is 4.98 Å². The van der Waals surface area contributed by atoms with E-state index in [0.717, 1.165) is 3.57 Å². The van der Waals surface area contributed by atoms with E-state index in [0.29, 0.717) is 3.70 Å². The van der Waals surface area contributed by atoms with Gasteiger partial charge in [-0.15, -0.1) is 0 Å². The van der Waals surface area contributed by atoms with Crippen LogP contribution in [0.15, 0.2) is 6.07 Å². The SMILES string of the molecule is OCc1cc(I)c(I)nc1C(F)F. The van der Waals surface area contributed by atoms with Crippen LogP contribution in [0.5, 0.6) is 0 Å². The van der Waals surface area contributed by atoms with Crippen LogP contribution in [0.25, 0.3) is 0 Å². The van der Waals surface area contributed by atoms with Crippen LogP contribution < -0.4 is 0 Å². The van der Waals surface area contributed by atoms with Gasteiger partial charge in [-0.3, -0.25) is 0 Å². The zero-order valence-corrected chi connectivity index (χ0v) is 10.6. The van der Waals surface area contributed by atoms with Crippen LogP contribution in [-0.4, -0.2) is 10.1 Å². The molecular weight excluding hydrogens is 406 g/mol. The van der Waals surface area contributed by atoms with E-state index in [9.17, 15) is 8.78 Å². The Morgan fingerprint density at radius 1 is 1.46 bits per heavy atom. The first-order valence-electron chi connectivity index (χ1n) is 3.30. The molecule has 0 saturated heterocycles. The minimum atomic E-state index is -2.63. The Kier molecular flexibility index (Phi) is 4.23. The Hall–Kier alpha value is 0.430. The fourth-order valence-corrected chi connectivity index (χ4v) is 1.75. The molecule has 1 rings (SSSR count). The van der Waals surface area contributed by atoms with Crippen LogP contribution in [0.4, 0.5) is 8.78 Å². The summed E-state index contributed by atoms with van der Waals surface area (Å²) in [6.45, 7) is -0.403. The van der Waals surface area contributed by atoms with Gasteiger partial charge in [0.2, 0.25) is 0 Å². The summed E-state index contributed by atoms with van der Waals surface area (Å²) >= 11 is 3.87. The summed E-state index contributed by atoms with van der Waals surface area (Å²) in [5.41, 5.74) is -0.132. The fourth-order valence-electron chi connectivity index (χ4n) is 0.833. The number of aromatic nitrogens is 1. The minimum absolute atomic E-state index is 0.194. The first-order valence-corrected chi connectivity index (χ1v) is 5.45. The lowest BCUT2D eigenvalue weighted by Crippen LogP contribution is -2.02. The molecular formula is C7H5F2I2NO. The van der Waals surface area contributed by atoms with Gasteiger partial charge < -0.3 is 5.11 Å². The molecule has 0 aromatic carbocycles. The van der Waals surface area contributed by atoms with Crippen molar-refractivity contribution >= 4 is 45.2 Å². The number of rotatable bonds is 2. The van der Waals surface area contributed by atoms with Crippen molar-refractivity contribution < 1.29 is 13.9 Å². The third-order valence-electron chi connectivity index (χ3n) is 1.42. The van der Waals surface area contributed by atoms with E-state index in [1.807, 2.05) is 45.2 Å². The van der Waals surface area contributed by atoms with E-state index in [-0.39, 0.29) is 11.3 Å². The number of pyridine rings is 1. The van der Waals surface area contributed by atoms with E-state index >= 15 is 0 Å². The molecule has 0 aliphatic carbocycles. The number of hydrogen-bond donors (Lipinski definition) is 1. The third kappa shape index (κ3) is 2.69. The molecule has 1 N–H and O–H groups in total. The Morgan fingerprint density at radius 3 is 2.54 bits per heavy atom. The molecule has 0 saturated carbocycles. The van der Waals surface area contributed by atoms with Crippen molar-refractivity contribution in [1.29, 1.82) is 0 Å². The fraction of sp³-hybridized carbons (Fsp3) is 0.286. The largest absolute Gasteiger partial charge is 0.392 e. The number of alkyl halides is 2. The number of aliphatic hydroxyl groups is 1. The lowest BCUT2D eigenvalue weighted by Gasteiger charge is -2.07. The normalized spacial score (nSPS) is 10.9. The van der Waals surface area contributed by atoms with Gasteiger partial charge in [-0.05, 0) is 51.2 Å². The minimum Gasteiger partial charge on any atom is -0.392 e. The van der Waals surface area contributed by atoms with Gasteiger partial charge in [0, 0.05) is 9.13 Å². The molecule has 1 aromatic rings. The Balaban J connectivity index is 3.25. The lowest BCUT2D eigenvalue weighted by atomic mass is 10.2. The molecule has 0 amide bonds. The topological polar surface area (TPSA) is 33.1 Å². The molecule has 0 atom stereocenters. The highest BCUT2D eigenvalue weighted by atomic mass is 127. The van der Waals surface area contributed by atoms with Gasteiger partial charge >= 0.3 is 0 Å². The van der Waals surface area contributed by atoms with E-state index in [2.05, 4.69) is 4.98 Å². The van der Waals surface area contributed by atoms with Crippen LogP contribution >= 0.6 is 45.2 Å². The monoisotopic (exact) mass is 411 g/mol. The maximum absolute atomic E-state index is 12.3. The molecule has 0 bridgehead atoms. The molecule has 0 unspecified atom stereocenters. The number of hydrogen-bond acceptors (Lipinski definition) is 2. The molecule has 72 valence electrons. The standard InChI is InChI=1S/C7H5F2I2NO/c8-6(9)5-3(2-13)1-4(10)7(11)12-5/h1,6,13H,2H2. The maximum atomic E-state index is 12.3. The van der Waals surface area contributed by atoms with Gasteiger partial charge in [0.1, 0.15) is 9.39 Å². The molecule has 1 heterocycles. The van der Waals surface area contributed by atoms with E-state index in [1.165, 1.54) is 6.07 Å². The zero-order chi connectivity index (χ0) is 10.0. The van der Waals surface area contributed by atoms with Crippen LogP contribution in [0.1, 0.15) is 17.7 Å². The van der Waals surface area contributed by atoms with E-state index in [4.69, 9.17) is 5.11 Å². The summed E-state index contributed by atoms with van der Waals surface area (Å²) in [6.07, 6.45) is -2.63. The first-order chi connectivity index (χ1) is 6.06. The van der Waals surface area contributed by atoms with Gasteiger partial charge in [-0.1, -0.05) is 0 Å². The molecule has 0 spiro atoms. The van der Waals surface area contributed by atoms with Gasteiger partial charge in [0.15, 0.2) is 0 Å². The molecule has 0 fully saturated rings. The van der Waals surface area contributed by atoms with Crippen LogP contribution in [0, 0.1) is 7.27 Å². The molecule has 0 radical (unpaired) electrons. The molecule has 0 aliphatic rings. The molecule has 0 aliphatic heterocycles. The van der Waals surface area contributed by atoms with Crippen molar-refractivity contribution in [3.8, 4) is 0 Å². The highest BCUT2D eigenvalue weighted by Gasteiger charge is 2.16. The second kappa shape index (κ2) is 4.78. The Bertz CT molecular complexity index is 320. The average Bonchev–Trinajstić information content (AvgIpc) is 2.08. The first kappa shape index (κ1) is 11.5. The predicted molar refractivity (Wildman–Crippen MR) is 60.6 cm³/mol. The van der Waals surface area contributed by atoms with Crippen molar-refractivity contribution in [3.63, 3.8) is 0 Å². The predicted octanol–water partition coefficient (Wildman–Crippen LogP) is 2.72. The Morgan fingerprint density at radius 2 is 2.08 bits per heavy atom. The van der Waals surface area contributed by atoms with Gasteiger partial charge in [0.05, 0.1) is 6.61 Å². The zero-order valence-electron chi connectivity index (χ0n) is 6.27. The second-order valence-electron chi connectivity index (χ2n) is 2.26. The van der Waals surface area contributed by atoms with Crippen molar-refractivity contribution in [2.45, 2.75) is 13.0 Å². The van der Waals surface area contributed by atoms with Crippen LogP contribution in [0.3, 0.4) is 0 Å². The Labute approximate surface area is 101 Å². The molecule has 1 aromatic heterocycles. The smallest absolute Gasteiger partial charge is 0.280 e. The summed E-state index contributed by atoms with van der Waals surface area (Å²) in [5, 5.41) is 8.80. The van der Waals surface area contributed by atoms with Gasteiger partial charge in [-0.2, -0.15) is 0 Å². The molecule has 13 heavy (non-hydrogen) atoms. The number of halogens is 4. The van der Waals surface area contributed by atoms with Gasteiger partial charge in [-0.25, -0.2) is 13.8 Å². The average molecular weight is 411 g/mol. The van der Waals surface area contributed by atoms with Crippen molar-refractivity contribution in [2.75, 3.05) is 0 Å². The maximum Gasteiger partial charge on any atom is 0.280 e.